The van der Waals surface area contributed by atoms with Crippen molar-refractivity contribution in [3.63, 3.8) is 0 Å². The summed E-state index contributed by atoms with van der Waals surface area (Å²) in [5.74, 6) is 0.480. The van der Waals surface area contributed by atoms with Crippen LogP contribution in [0.1, 0.15) is 43.6 Å². The number of ether oxygens (including phenoxy) is 1. The highest BCUT2D eigenvalue weighted by atomic mass is 32.2. The van der Waals surface area contributed by atoms with Gasteiger partial charge in [-0.3, -0.25) is 4.72 Å². The van der Waals surface area contributed by atoms with E-state index in [1.807, 2.05) is 72.8 Å². The Morgan fingerprint density at radius 2 is 1.56 bits per heavy atom. The number of rotatable bonds is 16. The molecule has 1 atom stereocenters. The molecular weight excluding hydrogens is 527 g/mol. The van der Waals surface area contributed by atoms with E-state index in [9.17, 15) is 8.42 Å². The van der Waals surface area contributed by atoms with Gasteiger partial charge in [-0.15, -0.1) is 0 Å². The molecule has 0 fully saturated rings. The maximum Gasteiger partial charge on any atom is 0.229 e. The molecule has 3 aromatic carbocycles. The van der Waals surface area contributed by atoms with E-state index in [1.165, 1.54) is 5.56 Å². The standard InChI is InChI=1S/C30H43N3O4SSi/c1-5-39(6-2,7-3)37-30(22-32-20-19-24-13-16-27(31)17-14-24)26-15-18-29(28(21-26)33-38(4,34)35)36-23-25-11-9-8-10-12-25/h8-18,21,30,32-33H,5-7,19-20,22-23,31H2,1-4H3. The zero-order valence-electron chi connectivity index (χ0n) is 23.6. The minimum atomic E-state index is -3.52. The normalized spacial score (nSPS) is 12.7. The highest BCUT2D eigenvalue weighted by Gasteiger charge is 2.33. The van der Waals surface area contributed by atoms with Crippen molar-refractivity contribution in [2.75, 3.05) is 29.8 Å². The number of nitrogen functional groups attached to an aromatic ring is 1. The van der Waals surface area contributed by atoms with Gasteiger partial charge < -0.3 is 20.2 Å². The fourth-order valence-corrected chi connectivity index (χ4v) is 7.95. The Labute approximate surface area is 235 Å². The molecule has 0 saturated heterocycles. The summed E-state index contributed by atoms with van der Waals surface area (Å²) in [5.41, 5.74) is 10.1. The summed E-state index contributed by atoms with van der Waals surface area (Å²) in [4.78, 5) is 0. The molecule has 39 heavy (non-hydrogen) atoms. The predicted molar refractivity (Wildman–Crippen MR) is 164 cm³/mol. The molecule has 0 heterocycles. The van der Waals surface area contributed by atoms with Crippen LogP contribution in [-0.4, -0.2) is 36.1 Å². The highest BCUT2D eigenvalue weighted by molar-refractivity contribution is 7.92. The summed E-state index contributed by atoms with van der Waals surface area (Å²) in [5, 5.41) is 3.57. The molecule has 3 aromatic rings. The molecule has 0 aliphatic heterocycles. The first-order valence-corrected chi connectivity index (χ1v) is 18.1. The molecule has 4 N–H and O–H groups in total. The van der Waals surface area contributed by atoms with E-state index in [4.69, 9.17) is 14.9 Å². The Kier molecular flexibility index (Phi) is 11.4. The molecule has 0 spiro atoms. The quantitative estimate of drug-likeness (QED) is 0.109. The second kappa shape index (κ2) is 14.5. The maximum absolute atomic E-state index is 12.2. The topological polar surface area (TPSA) is 103 Å². The number of nitrogens with two attached hydrogens (primary N) is 1. The van der Waals surface area contributed by atoms with Crippen LogP contribution in [0.5, 0.6) is 5.75 Å². The van der Waals surface area contributed by atoms with Gasteiger partial charge in [-0.1, -0.05) is 69.3 Å². The summed E-state index contributed by atoms with van der Waals surface area (Å²) >= 11 is 0. The summed E-state index contributed by atoms with van der Waals surface area (Å²) in [6.07, 6.45) is 1.81. The van der Waals surface area contributed by atoms with E-state index in [0.29, 0.717) is 24.6 Å². The molecule has 0 bridgehead atoms. The smallest absolute Gasteiger partial charge is 0.229 e. The Morgan fingerprint density at radius 3 is 2.18 bits per heavy atom. The molecule has 9 heteroatoms. The van der Waals surface area contributed by atoms with Crippen molar-refractivity contribution in [2.45, 2.75) is 58.0 Å². The summed E-state index contributed by atoms with van der Waals surface area (Å²) in [6.45, 7) is 8.37. The third kappa shape index (κ3) is 9.68. The second-order valence-electron chi connectivity index (χ2n) is 9.95. The zero-order chi connectivity index (χ0) is 28.3. The van der Waals surface area contributed by atoms with Gasteiger partial charge in [0, 0.05) is 12.2 Å². The first-order chi connectivity index (χ1) is 18.7. The van der Waals surface area contributed by atoms with Gasteiger partial charge in [-0.2, -0.15) is 0 Å². The average molecular weight is 570 g/mol. The van der Waals surface area contributed by atoms with E-state index < -0.39 is 18.3 Å². The van der Waals surface area contributed by atoms with Crippen LogP contribution in [0.25, 0.3) is 0 Å². The number of benzene rings is 3. The Hall–Kier alpha value is -2.85. The largest absolute Gasteiger partial charge is 0.487 e. The Bertz CT molecular complexity index is 1260. The van der Waals surface area contributed by atoms with E-state index in [2.05, 4.69) is 30.8 Å². The summed E-state index contributed by atoms with van der Waals surface area (Å²) < 4.78 is 40.1. The van der Waals surface area contributed by atoms with Gasteiger partial charge in [-0.25, -0.2) is 8.42 Å². The van der Waals surface area contributed by atoms with Gasteiger partial charge in [-0.05, 0) is 72.1 Å². The molecular formula is C30H43N3O4SSi. The molecule has 1 unspecified atom stereocenters. The number of hydrogen-bond acceptors (Lipinski definition) is 6. The molecule has 0 saturated carbocycles. The van der Waals surface area contributed by atoms with Gasteiger partial charge in [0.05, 0.1) is 18.0 Å². The molecule has 0 amide bonds. The van der Waals surface area contributed by atoms with Crippen LogP contribution in [-0.2, 0) is 27.5 Å². The molecule has 0 aliphatic carbocycles. The lowest BCUT2D eigenvalue weighted by Gasteiger charge is -2.34. The molecule has 3 rings (SSSR count). The van der Waals surface area contributed by atoms with Crippen LogP contribution in [0.15, 0.2) is 72.8 Å². The van der Waals surface area contributed by atoms with E-state index >= 15 is 0 Å². The van der Waals surface area contributed by atoms with Crippen molar-refractivity contribution in [1.29, 1.82) is 0 Å². The predicted octanol–water partition coefficient (Wildman–Crippen LogP) is 6.11. The number of sulfonamides is 1. The Morgan fingerprint density at radius 1 is 0.897 bits per heavy atom. The third-order valence-corrected chi connectivity index (χ3v) is 12.4. The van der Waals surface area contributed by atoms with E-state index in [-0.39, 0.29) is 6.10 Å². The van der Waals surface area contributed by atoms with Gasteiger partial charge in [0.1, 0.15) is 12.4 Å². The number of hydrogen-bond donors (Lipinski definition) is 3. The van der Waals surface area contributed by atoms with Crippen molar-refractivity contribution in [1.82, 2.24) is 5.32 Å². The summed E-state index contributed by atoms with van der Waals surface area (Å²) in [7, 11) is -5.47. The van der Waals surface area contributed by atoms with Gasteiger partial charge >= 0.3 is 0 Å². The van der Waals surface area contributed by atoms with Crippen LogP contribution in [0.3, 0.4) is 0 Å². The van der Waals surface area contributed by atoms with Crippen LogP contribution < -0.4 is 20.5 Å². The highest BCUT2D eigenvalue weighted by Crippen LogP contribution is 2.34. The minimum Gasteiger partial charge on any atom is -0.487 e. The van der Waals surface area contributed by atoms with Gasteiger partial charge in [0.2, 0.25) is 10.0 Å². The fraction of sp³-hybridized carbons (Fsp3) is 0.400. The molecule has 0 radical (unpaired) electrons. The van der Waals surface area contributed by atoms with Crippen molar-refractivity contribution < 1.29 is 17.6 Å². The van der Waals surface area contributed by atoms with Crippen molar-refractivity contribution in [3.05, 3.63) is 89.5 Å². The molecule has 7 nitrogen and oxygen atoms in total. The fourth-order valence-electron chi connectivity index (χ4n) is 4.57. The first kappa shape index (κ1) is 30.7. The monoisotopic (exact) mass is 569 g/mol. The average Bonchev–Trinajstić information content (AvgIpc) is 2.93. The van der Waals surface area contributed by atoms with Crippen molar-refractivity contribution in [2.24, 2.45) is 0 Å². The van der Waals surface area contributed by atoms with Gasteiger partial charge in [0.25, 0.3) is 0 Å². The minimum absolute atomic E-state index is 0.216. The second-order valence-corrected chi connectivity index (χ2v) is 16.4. The molecule has 0 aliphatic rings. The van der Waals surface area contributed by atoms with E-state index in [0.717, 1.165) is 54.2 Å². The number of nitrogens with one attached hydrogen (secondary N) is 2. The zero-order valence-corrected chi connectivity index (χ0v) is 25.4. The first-order valence-electron chi connectivity index (χ1n) is 13.7. The van der Waals surface area contributed by atoms with Crippen molar-refractivity contribution in [3.8, 4) is 5.75 Å². The van der Waals surface area contributed by atoms with Crippen LogP contribution in [0.4, 0.5) is 11.4 Å². The molecule has 0 aromatic heterocycles. The maximum atomic E-state index is 12.2. The van der Waals surface area contributed by atoms with Gasteiger partial charge in [0.15, 0.2) is 8.32 Å². The van der Waals surface area contributed by atoms with Crippen LogP contribution in [0.2, 0.25) is 18.1 Å². The SMILES string of the molecule is CC[Si](CC)(CC)OC(CNCCc1ccc(N)cc1)c1ccc(OCc2ccccc2)c(NS(C)(=O)=O)c1. The molecule has 212 valence electrons. The lowest BCUT2D eigenvalue weighted by Crippen LogP contribution is -2.40. The van der Waals surface area contributed by atoms with Crippen LogP contribution in [0, 0.1) is 0 Å². The van der Waals surface area contributed by atoms with Crippen LogP contribution >= 0.6 is 0 Å². The lowest BCUT2D eigenvalue weighted by molar-refractivity contribution is 0.186. The van der Waals surface area contributed by atoms with Crippen molar-refractivity contribution >= 4 is 29.7 Å². The Balaban J connectivity index is 1.83. The lowest BCUT2D eigenvalue weighted by atomic mass is 10.1. The summed E-state index contributed by atoms with van der Waals surface area (Å²) in [6, 6.07) is 26.5. The van der Waals surface area contributed by atoms with E-state index in [1.54, 1.807) is 0 Å². The number of anilines is 2. The third-order valence-electron chi connectivity index (χ3n) is 7.13.